The average Bonchev–Trinajstić information content (AvgIpc) is 3.03. The van der Waals surface area contributed by atoms with Crippen molar-refractivity contribution in [2.45, 2.75) is 115 Å². The molecule has 0 aliphatic heterocycles. The summed E-state index contributed by atoms with van der Waals surface area (Å²) in [7, 11) is 0. The molecule has 4 rings (SSSR count). The molecule has 192 valence electrons. The van der Waals surface area contributed by atoms with Gasteiger partial charge in [-0.2, -0.15) is 26.3 Å². The van der Waals surface area contributed by atoms with Crippen LogP contribution in [0.3, 0.4) is 0 Å². The molecule has 0 aromatic carbocycles. The molecule has 4 fully saturated rings. The Morgan fingerprint density at radius 2 is 1.52 bits per heavy atom. The lowest BCUT2D eigenvalue weighted by molar-refractivity contribution is -0.290. The minimum Gasteiger partial charge on any atom is -0.384 e. The first kappa shape index (κ1) is 25.6. The summed E-state index contributed by atoms with van der Waals surface area (Å²) in [5.74, 6) is 1.50. The quantitative estimate of drug-likeness (QED) is 0.421. The van der Waals surface area contributed by atoms with E-state index in [9.17, 15) is 36.6 Å². The summed E-state index contributed by atoms with van der Waals surface area (Å²) < 4.78 is 78.4. The van der Waals surface area contributed by atoms with Gasteiger partial charge in [0, 0.05) is 0 Å². The molecule has 0 aromatic rings. The summed E-state index contributed by atoms with van der Waals surface area (Å²) in [6.45, 7) is 4.43. The van der Waals surface area contributed by atoms with Crippen LogP contribution < -0.4 is 0 Å². The molecule has 0 bridgehead atoms. The topological polar surface area (TPSA) is 40.5 Å². The molecule has 0 saturated heterocycles. The van der Waals surface area contributed by atoms with Crippen molar-refractivity contribution < 1.29 is 36.6 Å². The van der Waals surface area contributed by atoms with Gasteiger partial charge in [-0.15, -0.1) is 0 Å². The third-order valence-electron chi connectivity index (χ3n) is 10.9. The first-order chi connectivity index (χ1) is 15.1. The van der Waals surface area contributed by atoms with Gasteiger partial charge < -0.3 is 10.2 Å². The lowest BCUT2D eigenvalue weighted by atomic mass is 9.43. The number of halogens is 6. The monoisotopic (exact) mass is 484 g/mol. The van der Waals surface area contributed by atoms with E-state index in [1.54, 1.807) is 0 Å². The fourth-order valence-corrected chi connectivity index (χ4v) is 8.81. The Labute approximate surface area is 192 Å². The van der Waals surface area contributed by atoms with Gasteiger partial charge in [0.2, 0.25) is 0 Å². The van der Waals surface area contributed by atoms with Crippen LogP contribution in [0.2, 0.25) is 0 Å². The number of hydrogen-bond acceptors (Lipinski definition) is 2. The average molecular weight is 485 g/mol. The molecule has 0 unspecified atom stereocenters. The SMILES string of the molecule is C[C@]12CC[C@@](O)(C(F)(F)F)C[C@@H]1CC[C@@H]1[C@@H]2CC[C@]2(C)[C@@H](CCC[C@@H](O)C(F)(F)F)CC[C@@H]12. The molecule has 8 heteroatoms. The highest BCUT2D eigenvalue weighted by Gasteiger charge is 2.64. The Kier molecular flexibility index (Phi) is 6.42. The maximum Gasteiger partial charge on any atom is 0.417 e. The van der Waals surface area contributed by atoms with E-state index in [0.717, 1.165) is 32.1 Å². The van der Waals surface area contributed by atoms with Crippen LogP contribution in [-0.2, 0) is 0 Å². The van der Waals surface area contributed by atoms with Gasteiger partial charge in [-0.1, -0.05) is 20.3 Å². The molecule has 2 nitrogen and oxygen atoms in total. The fourth-order valence-electron chi connectivity index (χ4n) is 8.81. The van der Waals surface area contributed by atoms with Crippen LogP contribution in [-0.4, -0.2) is 34.3 Å². The van der Waals surface area contributed by atoms with Crippen molar-refractivity contribution in [3.8, 4) is 0 Å². The second-order valence-electron chi connectivity index (χ2n) is 12.2. The summed E-state index contributed by atoms with van der Waals surface area (Å²) in [5.41, 5.74) is -2.68. The lowest BCUT2D eigenvalue weighted by Gasteiger charge is -2.62. The zero-order chi connectivity index (χ0) is 24.4. The molecule has 4 saturated carbocycles. The zero-order valence-electron chi connectivity index (χ0n) is 19.6. The van der Waals surface area contributed by atoms with Crippen LogP contribution in [0.4, 0.5) is 26.3 Å². The van der Waals surface area contributed by atoms with Gasteiger partial charge in [0.05, 0.1) is 0 Å². The van der Waals surface area contributed by atoms with Crippen LogP contribution >= 0.6 is 0 Å². The van der Waals surface area contributed by atoms with E-state index in [1.807, 2.05) is 0 Å². The Hall–Kier alpha value is -0.500. The van der Waals surface area contributed by atoms with Crippen molar-refractivity contribution in [1.29, 1.82) is 0 Å². The van der Waals surface area contributed by atoms with E-state index in [-0.39, 0.29) is 36.0 Å². The molecule has 0 spiro atoms. The number of aliphatic hydroxyl groups excluding tert-OH is 1. The van der Waals surface area contributed by atoms with E-state index >= 15 is 0 Å². The van der Waals surface area contributed by atoms with Gasteiger partial charge in [0.1, 0.15) is 6.10 Å². The largest absolute Gasteiger partial charge is 0.417 e. The Bertz CT molecular complexity index is 723. The molecule has 0 aromatic heterocycles. The van der Waals surface area contributed by atoms with Gasteiger partial charge in [-0.05, 0) is 111 Å². The van der Waals surface area contributed by atoms with E-state index < -0.39 is 24.1 Å². The summed E-state index contributed by atoms with van der Waals surface area (Å²) in [6, 6.07) is 0. The minimum absolute atomic E-state index is 0.0644. The molecular formula is C25H38F6O2. The lowest BCUT2D eigenvalue weighted by Crippen LogP contribution is -2.59. The number of rotatable bonds is 4. The van der Waals surface area contributed by atoms with Crippen LogP contribution in [0.5, 0.6) is 0 Å². The summed E-state index contributed by atoms with van der Waals surface area (Å²) in [6.07, 6.45) is -5.08. The normalized spacial score (nSPS) is 46.9. The standard InChI is InChI=1S/C25H38F6O2/c1-21-11-10-19-17(18(21)9-7-15(21)4-3-5-20(32)24(26,27)28)8-6-16-14-23(33,25(29,30)31)13-12-22(16,19)2/h15-20,32-33H,3-14H2,1-2H3/t15-,16-,17-,18-,19-,20+,21+,22-,23-/m0/s1. The van der Waals surface area contributed by atoms with Gasteiger partial charge in [-0.3, -0.25) is 0 Å². The van der Waals surface area contributed by atoms with Gasteiger partial charge in [0.15, 0.2) is 5.60 Å². The Morgan fingerprint density at radius 1 is 0.848 bits per heavy atom. The molecule has 33 heavy (non-hydrogen) atoms. The molecule has 0 amide bonds. The van der Waals surface area contributed by atoms with Crippen LogP contribution in [0.25, 0.3) is 0 Å². The predicted octanol–water partition coefficient (Wildman–Crippen LogP) is 7.03. The first-order valence-corrected chi connectivity index (χ1v) is 12.7. The van der Waals surface area contributed by atoms with E-state index in [1.165, 1.54) is 0 Å². The highest BCUT2D eigenvalue weighted by molar-refractivity contribution is 5.11. The summed E-state index contributed by atoms with van der Waals surface area (Å²) >= 11 is 0. The number of fused-ring (bicyclic) bond motifs is 5. The van der Waals surface area contributed by atoms with Crippen molar-refractivity contribution in [2.75, 3.05) is 0 Å². The summed E-state index contributed by atoms with van der Waals surface area (Å²) in [5, 5.41) is 19.7. The molecule has 0 radical (unpaired) electrons. The van der Waals surface area contributed by atoms with Crippen molar-refractivity contribution >= 4 is 0 Å². The number of aliphatic hydroxyl groups is 2. The maximum atomic E-state index is 13.5. The molecular weight excluding hydrogens is 446 g/mol. The minimum atomic E-state index is -4.59. The van der Waals surface area contributed by atoms with E-state index in [0.29, 0.717) is 49.4 Å². The smallest absolute Gasteiger partial charge is 0.384 e. The van der Waals surface area contributed by atoms with Gasteiger partial charge in [-0.25, -0.2) is 0 Å². The number of hydrogen-bond donors (Lipinski definition) is 2. The van der Waals surface area contributed by atoms with Crippen molar-refractivity contribution in [3.63, 3.8) is 0 Å². The zero-order valence-corrected chi connectivity index (χ0v) is 19.6. The van der Waals surface area contributed by atoms with Crippen LogP contribution in [0.1, 0.15) is 90.9 Å². The van der Waals surface area contributed by atoms with E-state index in [4.69, 9.17) is 0 Å². The van der Waals surface area contributed by atoms with Crippen molar-refractivity contribution in [1.82, 2.24) is 0 Å². The first-order valence-electron chi connectivity index (χ1n) is 12.7. The molecule has 4 aliphatic carbocycles. The molecule has 0 heterocycles. The van der Waals surface area contributed by atoms with Crippen LogP contribution in [0, 0.1) is 40.4 Å². The Morgan fingerprint density at radius 3 is 2.15 bits per heavy atom. The van der Waals surface area contributed by atoms with Gasteiger partial charge >= 0.3 is 12.4 Å². The van der Waals surface area contributed by atoms with Gasteiger partial charge in [0.25, 0.3) is 0 Å². The van der Waals surface area contributed by atoms with E-state index in [2.05, 4.69) is 13.8 Å². The van der Waals surface area contributed by atoms with Crippen molar-refractivity contribution in [3.05, 3.63) is 0 Å². The van der Waals surface area contributed by atoms with Crippen molar-refractivity contribution in [2.24, 2.45) is 40.4 Å². The molecule has 2 N–H and O–H groups in total. The molecule has 4 aliphatic rings. The fraction of sp³-hybridized carbons (Fsp3) is 1.00. The number of alkyl halides is 6. The highest BCUT2D eigenvalue weighted by Crippen LogP contribution is 2.69. The van der Waals surface area contributed by atoms with Crippen LogP contribution in [0.15, 0.2) is 0 Å². The summed E-state index contributed by atoms with van der Waals surface area (Å²) in [4.78, 5) is 0. The Balaban J connectivity index is 1.43. The second kappa shape index (κ2) is 8.28. The third kappa shape index (κ3) is 4.23. The highest BCUT2D eigenvalue weighted by atomic mass is 19.4. The molecule has 9 atom stereocenters. The maximum absolute atomic E-state index is 13.5. The predicted molar refractivity (Wildman–Crippen MR) is 112 cm³/mol. The second-order valence-corrected chi connectivity index (χ2v) is 12.2. The third-order valence-corrected chi connectivity index (χ3v) is 10.9.